The molecule has 2 aliphatic rings. The number of carboxylic acids is 1. The number of nitrogens with zero attached hydrogens (tertiary/aromatic N) is 3. The lowest BCUT2D eigenvalue weighted by Gasteiger charge is -2.47. The van der Waals surface area contributed by atoms with Gasteiger partial charge in [0, 0.05) is 43.6 Å². The number of nitrogens with one attached hydrogen (secondary N) is 2. The number of nitrogens with two attached hydrogens (primary N) is 1. The molecule has 1 aliphatic heterocycles. The number of aryl methyl sites for hydroxylation is 2. The molecule has 1 atom stereocenters. The van der Waals surface area contributed by atoms with Crippen LogP contribution in [-0.2, 0) is 23.8 Å². The maximum absolute atomic E-state index is 12.8. The van der Waals surface area contributed by atoms with Crippen molar-refractivity contribution in [1.82, 2.24) is 19.4 Å². The molecule has 49 heavy (non-hydrogen) atoms. The van der Waals surface area contributed by atoms with E-state index < -0.39 is 12.0 Å². The number of carbonyl (C=O) groups is 2. The fraction of sp³-hybridized carbons (Fsp3) is 0.359. The van der Waals surface area contributed by atoms with Crippen molar-refractivity contribution >= 4 is 28.6 Å². The molecule has 5 aromatic rings. The molecule has 1 spiro atoms. The Morgan fingerprint density at radius 1 is 1.02 bits per heavy atom. The van der Waals surface area contributed by atoms with E-state index in [1.807, 2.05) is 72.7 Å². The minimum Gasteiger partial charge on any atom is -0.480 e. The molecule has 2 aromatic heterocycles. The van der Waals surface area contributed by atoms with Crippen LogP contribution in [0.25, 0.3) is 22.2 Å². The lowest BCUT2D eigenvalue weighted by molar-refractivity contribution is -0.138. The Hall–Kier alpha value is -4.93. The molecule has 1 unspecified atom stereocenters. The number of aromatic nitrogens is 3. The van der Waals surface area contributed by atoms with Crippen molar-refractivity contribution in [2.75, 3.05) is 12.4 Å². The highest BCUT2D eigenvalue weighted by molar-refractivity contribution is 5.93. The zero-order chi connectivity index (χ0) is 35.7. The highest BCUT2D eigenvalue weighted by atomic mass is 16.4. The van der Waals surface area contributed by atoms with Crippen molar-refractivity contribution < 1.29 is 19.8 Å². The molecule has 3 heterocycles. The van der Waals surface area contributed by atoms with E-state index in [2.05, 4.69) is 78.2 Å². The Morgan fingerprint density at radius 3 is 2.29 bits per heavy atom. The smallest absolute Gasteiger partial charge is 0.320 e. The first-order valence-electron chi connectivity index (χ1n) is 16.8. The SMILES string of the molecule is CCC(C)C.CO.Cc1ccccc1.Cn1c(CC(N)C(=O)O)cc2ccc(NC(=O)NC3CC4(C3)c3ccccc3-c3cncn34)cc21. The quantitative estimate of drug-likeness (QED) is 0.136. The van der Waals surface area contributed by atoms with E-state index in [4.69, 9.17) is 15.9 Å². The molecule has 0 saturated heterocycles. The maximum atomic E-state index is 12.8. The minimum atomic E-state index is -1.03. The van der Waals surface area contributed by atoms with Gasteiger partial charge in [0.2, 0.25) is 0 Å². The van der Waals surface area contributed by atoms with Gasteiger partial charge in [-0.25, -0.2) is 9.78 Å². The van der Waals surface area contributed by atoms with E-state index in [1.165, 1.54) is 23.1 Å². The van der Waals surface area contributed by atoms with Crippen molar-refractivity contribution in [1.29, 1.82) is 0 Å². The third-order valence-electron chi connectivity index (χ3n) is 9.21. The molecule has 1 saturated carbocycles. The predicted molar refractivity (Wildman–Crippen MR) is 197 cm³/mol. The van der Waals surface area contributed by atoms with Crippen molar-refractivity contribution in [2.45, 2.75) is 71.0 Å². The number of amides is 2. The summed E-state index contributed by atoms with van der Waals surface area (Å²) < 4.78 is 4.15. The van der Waals surface area contributed by atoms with Crippen LogP contribution in [-0.4, -0.2) is 55.5 Å². The topological polar surface area (TPSA) is 147 Å². The average molecular weight is 667 g/mol. The Kier molecular flexibility index (Phi) is 12.4. The summed E-state index contributed by atoms with van der Waals surface area (Å²) >= 11 is 0. The highest BCUT2D eigenvalue weighted by Gasteiger charge is 2.52. The molecular weight excluding hydrogens is 616 g/mol. The molecule has 1 aliphatic carbocycles. The van der Waals surface area contributed by atoms with Crippen LogP contribution in [0.2, 0.25) is 0 Å². The van der Waals surface area contributed by atoms with Gasteiger partial charge in [0.15, 0.2) is 0 Å². The van der Waals surface area contributed by atoms with Crippen LogP contribution in [0.5, 0.6) is 0 Å². The number of imidazole rings is 1. The number of carbonyl (C=O) groups excluding carboxylic acids is 1. The Morgan fingerprint density at radius 2 is 1.67 bits per heavy atom. The predicted octanol–water partition coefficient (Wildman–Crippen LogP) is 6.69. The number of carboxylic acid groups (broad SMARTS) is 1. The summed E-state index contributed by atoms with van der Waals surface area (Å²) in [6, 6.07) is 25.1. The van der Waals surface area contributed by atoms with Crippen molar-refractivity contribution in [3.63, 3.8) is 0 Å². The first-order valence-corrected chi connectivity index (χ1v) is 16.8. The number of rotatable bonds is 6. The Bertz CT molecular complexity index is 1840. The third kappa shape index (κ3) is 8.39. The summed E-state index contributed by atoms with van der Waals surface area (Å²) in [5.74, 6) is -0.146. The normalized spacial score (nSPS) is 17.2. The van der Waals surface area contributed by atoms with Gasteiger partial charge < -0.3 is 35.7 Å². The van der Waals surface area contributed by atoms with Crippen molar-refractivity contribution in [2.24, 2.45) is 18.7 Å². The lowest BCUT2D eigenvalue weighted by atomic mass is 9.68. The van der Waals surface area contributed by atoms with Gasteiger partial charge in [0.1, 0.15) is 6.04 Å². The first kappa shape index (κ1) is 36.9. The molecular formula is C39H50N6O4. The number of benzene rings is 3. The van der Waals surface area contributed by atoms with E-state index in [1.54, 1.807) is 0 Å². The fourth-order valence-corrected chi connectivity index (χ4v) is 6.21. The average Bonchev–Trinajstić information content (AvgIpc) is 3.76. The Labute approximate surface area is 289 Å². The van der Waals surface area contributed by atoms with Crippen molar-refractivity contribution in [3.05, 3.63) is 108 Å². The summed E-state index contributed by atoms with van der Waals surface area (Å²) in [6.07, 6.45) is 6.95. The van der Waals surface area contributed by atoms with E-state index in [0.717, 1.165) is 48.2 Å². The van der Waals surface area contributed by atoms with Gasteiger partial charge in [-0.05, 0) is 54.8 Å². The number of urea groups is 1. The fourth-order valence-electron chi connectivity index (χ4n) is 6.21. The summed E-state index contributed by atoms with van der Waals surface area (Å²) in [5.41, 5.74) is 12.9. The van der Waals surface area contributed by atoms with E-state index in [0.29, 0.717) is 5.69 Å². The lowest BCUT2D eigenvalue weighted by Crippen LogP contribution is -2.56. The molecule has 10 nitrogen and oxygen atoms in total. The van der Waals surface area contributed by atoms with Gasteiger partial charge in [-0.1, -0.05) is 93.4 Å². The summed E-state index contributed by atoms with van der Waals surface area (Å²) in [4.78, 5) is 28.2. The van der Waals surface area contributed by atoms with Gasteiger partial charge in [0.05, 0.1) is 29.3 Å². The second-order valence-corrected chi connectivity index (χ2v) is 13.0. The zero-order valence-corrected chi connectivity index (χ0v) is 29.4. The number of anilines is 1. The van der Waals surface area contributed by atoms with E-state index in [9.17, 15) is 9.59 Å². The van der Waals surface area contributed by atoms with E-state index >= 15 is 0 Å². The second-order valence-electron chi connectivity index (χ2n) is 13.0. The summed E-state index contributed by atoms with van der Waals surface area (Å²) in [7, 11) is 2.87. The van der Waals surface area contributed by atoms with Crippen LogP contribution in [0.3, 0.4) is 0 Å². The van der Waals surface area contributed by atoms with Gasteiger partial charge in [-0.2, -0.15) is 0 Å². The molecule has 2 amide bonds. The van der Waals surface area contributed by atoms with Crippen LogP contribution in [0.1, 0.15) is 56.9 Å². The van der Waals surface area contributed by atoms with Crippen LogP contribution in [0, 0.1) is 12.8 Å². The molecule has 0 radical (unpaired) electrons. The van der Waals surface area contributed by atoms with Crippen molar-refractivity contribution in [3.8, 4) is 11.3 Å². The first-order chi connectivity index (χ1) is 23.5. The number of aliphatic carboxylic acids is 1. The molecule has 260 valence electrons. The molecule has 0 bridgehead atoms. The van der Waals surface area contributed by atoms with Crippen LogP contribution < -0.4 is 16.4 Å². The highest BCUT2D eigenvalue weighted by Crippen LogP contribution is 2.54. The zero-order valence-electron chi connectivity index (χ0n) is 29.4. The van der Waals surface area contributed by atoms with Gasteiger partial charge >= 0.3 is 12.0 Å². The monoisotopic (exact) mass is 666 g/mol. The van der Waals surface area contributed by atoms with Gasteiger partial charge in [-0.15, -0.1) is 0 Å². The summed E-state index contributed by atoms with van der Waals surface area (Å²) in [5, 5.41) is 23.1. The van der Waals surface area contributed by atoms with Gasteiger partial charge in [-0.3, -0.25) is 4.79 Å². The number of hydrogen-bond donors (Lipinski definition) is 5. The number of aliphatic hydroxyl groups is 1. The molecule has 10 heteroatoms. The largest absolute Gasteiger partial charge is 0.480 e. The molecule has 1 fully saturated rings. The van der Waals surface area contributed by atoms with Crippen LogP contribution in [0.15, 0.2) is 91.4 Å². The molecule has 3 aromatic carbocycles. The molecule has 7 rings (SSSR count). The van der Waals surface area contributed by atoms with E-state index in [-0.39, 0.29) is 24.0 Å². The van der Waals surface area contributed by atoms with Crippen LogP contribution >= 0.6 is 0 Å². The van der Waals surface area contributed by atoms with Crippen LogP contribution in [0.4, 0.5) is 10.5 Å². The maximum Gasteiger partial charge on any atom is 0.320 e. The molecule has 6 N–H and O–H groups in total. The Balaban J connectivity index is 0.000000326. The number of aliphatic hydroxyl groups excluding tert-OH is 1. The minimum absolute atomic E-state index is 0.0549. The summed E-state index contributed by atoms with van der Waals surface area (Å²) in [6.45, 7) is 8.73. The number of fused-ring (bicyclic) bond motifs is 6. The van der Waals surface area contributed by atoms with Gasteiger partial charge in [0.25, 0.3) is 0 Å². The number of hydrogen-bond acceptors (Lipinski definition) is 5. The second kappa shape index (κ2) is 16.5. The third-order valence-corrected chi connectivity index (χ3v) is 9.21. The standard InChI is InChI=1S/C26H26N6O3.C7H8.C5H12.CH4O/c1-31-18(10-21(27)24(33)34)8-15-6-7-16(9-22(15)31)29-25(35)30-17-11-26(12-17)20-5-3-2-4-19(20)23-13-28-14-32(23)26;1-7-5-3-2-4-6-7;1-4-5(2)3;1-2/h2-9,13-14,17,21H,10-12,27H2,1H3,(H,33,34)(H2,29,30,35);2-6H,1H3;5H,4H2,1-3H3;2H,1H3.